The molecule has 4 heteroatoms. The average molecular weight is 535 g/mol. The normalized spacial score (nSPS) is 15.7. The summed E-state index contributed by atoms with van der Waals surface area (Å²) in [6.45, 7) is 6.82. The van der Waals surface area contributed by atoms with E-state index in [1.807, 2.05) is 0 Å². The van der Waals surface area contributed by atoms with Crippen molar-refractivity contribution < 1.29 is 0 Å². The van der Waals surface area contributed by atoms with Crippen molar-refractivity contribution in [3.05, 3.63) is 96.2 Å². The van der Waals surface area contributed by atoms with Crippen LogP contribution < -0.4 is 4.90 Å². The van der Waals surface area contributed by atoms with Gasteiger partial charge in [-0.25, -0.2) is 4.98 Å². The molecule has 1 aromatic heterocycles. The molecule has 0 aliphatic heterocycles. The summed E-state index contributed by atoms with van der Waals surface area (Å²) in [6.07, 6.45) is 7.90. The quantitative estimate of drug-likeness (QED) is 0.208. The molecule has 1 saturated carbocycles. The summed E-state index contributed by atoms with van der Waals surface area (Å²) in [6, 6.07) is 30.7. The van der Waals surface area contributed by atoms with Crippen molar-refractivity contribution >= 4 is 5.69 Å². The van der Waals surface area contributed by atoms with Gasteiger partial charge in [0.05, 0.1) is 17.4 Å². The Balaban J connectivity index is 1.59. The Labute approximate surface area is 241 Å². The largest absolute Gasteiger partial charge is 0.378 e. The molecule has 1 heterocycles. The summed E-state index contributed by atoms with van der Waals surface area (Å²) < 4.78 is 0. The number of hydrogen-bond donors (Lipinski definition) is 1. The minimum atomic E-state index is 0.237. The zero-order valence-corrected chi connectivity index (χ0v) is 24.8. The summed E-state index contributed by atoms with van der Waals surface area (Å²) >= 11 is 0. The van der Waals surface area contributed by atoms with E-state index in [4.69, 9.17) is 4.98 Å². The zero-order valence-electron chi connectivity index (χ0n) is 24.8. The summed E-state index contributed by atoms with van der Waals surface area (Å²) in [4.78, 5) is 14.1. The van der Waals surface area contributed by atoms with E-state index >= 15 is 0 Å². The molecule has 1 fully saturated rings. The van der Waals surface area contributed by atoms with Crippen LogP contribution in [0.3, 0.4) is 0 Å². The Hall–Kier alpha value is -3.37. The number of anilines is 1. The van der Waals surface area contributed by atoms with Gasteiger partial charge in [0.1, 0.15) is 5.82 Å². The Morgan fingerprint density at radius 3 is 2.05 bits per heavy atom. The molecule has 2 atom stereocenters. The van der Waals surface area contributed by atoms with Crippen LogP contribution >= 0.6 is 0 Å². The number of imidazole rings is 1. The highest BCUT2D eigenvalue weighted by Crippen LogP contribution is 2.40. The van der Waals surface area contributed by atoms with Crippen molar-refractivity contribution in [2.75, 3.05) is 25.5 Å². The minimum absolute atomic E-state index is 0.237. The minimum Gasteiger partial charge on any atom is -0.378 e. The molecular weight excluding hydrogens is 488 g/mol. The maximum Gasteiger partial charge on any atom is 0.138 e. The van der Waals surface area contributed by atoms with Gasteiger partial charge >= 0.3 is 0 Å². The number of aromatic nitrogens is 2. The van der Waals surface area contributed by atoms with Crippen LogP contribution in [0, 0.1) is 11.8 Å². The fourth-order valence-corrected chi connectivity index (χ4v) is 6.31. The van der Waals surface area contributed by atoms with Gasteiger partial charge in [0.2, 0.25) is 0 Å². The molecule has 0 amide bonds. The summed E-state index contributed by atoms with van der Waals surface area (Å²) in [5, 5.41) is 0. The molecule has 0 spiro atoms. The van der Waals surface area contributed by atoms with Crippen molar-refractivity contribution in [3.8, 4) is 22.6 Å². The van der Waals surface area contributed by atoms with Crippen LogP contribution in [0.5, 0.6) is 0 Å². The van der Waals surface area contributed by atoms with Gasteiger partial charge < -0.3 is 9.88 Å². The molecule has 2 unspecified atom stereocenters. The lowest BCUT2D eigenvalue weighted by molar-refractivity contribution is 0.101. The third-order valence-electron chi connectivity index (χ3n) is 8.75. The highest BCUT2D eigenvalue weighted by molar-refractivity contribution is 5.68. The number of nitrogens with one attached hydrogen (secondary N) is 1. The second kappa shape index (κ2) is 13.3. The first-order valence-electron chi connectivity index (χ1n) is 15.2. The van der Waals surface area contributed by atoms with E-state index in [1.165, 1.54) is 54.6 Å². The summed E-state index contributed by atoms with van der Waals surface area (Å²) in [5.74, 6) is 2.17. The number of H-pyrrole nitrogens is 1. The van der Waals surface area contributed by atoms with Crippen LogP contribution in [0.25, 0.3) is 22.6 Å². The first-order chi connectivity index (χ1) is 19.5. The molecule has 0 bridgehead atoms. The van der Waals surface area contributed by atoms with Gasteiger partial charge in [0, 0.05) is 44.0 Å². The van der Waals surface area contributed by atoms with Gasteiger partial charge in [-0.3, -0.25) is 4.90 Å². The third-order valence-corrected chi connectivity index (χ3v) is 8.75. The number of hydrogen-bond acceptors (Lipinski definition) is 3. The van der Waals surface area contributed by atoms with E-state index in [-0.39, 0.29) is 6.04 Å². The van der Waals surface area contributed by atoms with Crippen LogP contribution in [-0.4, -0.2) is 35.5 Å². The fourth-order valence-electron chi connectivity index (χ4n) is 6.31. The lowest BCUT2D eigenvalue weighted by atomic mass is 9.86. The van der Waals surface area contributed by atoms with Crippen molar-refractivity contribution in [3.63, 3.8) is 0 Å². The maximum absolute atomic E-state index is 5.27. The number of nitrogens with zero attached hydrogens (tertiary/aromatic N) is 3. The summed E-state index contributed by atoms with van der Waals surface area (Å²) in [7, 11) is 4.22. The second-order valence-electron chi connectivity index (χ2n) is 11.9. The van der Waals surface area contributed by atoms with Gasteiger partial charge in [0.25, 0.3) is 0 Å². The Bertz CT molecular complexity index is 1300. The van der Waals surface area contributed by atoms with Gasteiger partial charge in [-0.15, -0.1) is 0 Å². The lowest BCUT2D eigenvalue weighted by Crippen LogP contribution is -2.37. The molecular formula is C36H46N4. The molecule has 4 aromatic rings. The molecule has 0 radical (unpaired) electrons. The van der Waals surface area contributed by atoms with Crippen LogP contribution in [-0.2, 0) is 6.54 Å². The van der Waals surface area contributed by atoms with Crippen LogP contribution in [0.2, 0.25) is 0 Å². The van der Waals surface area contributed by atoms with Crippen LogP contribution in [0.4, 0.5) is 5.69 Å². The molecule has 4 nitrogen and oxygen atoms in total. The van der Waals surface area contributed by atoms with E-state index in [2.05, 4.69) is 128 Å². The zero-order chi connectivity index (χ0) is 27.9. The first kappa shape index (κ1) is 28.2. The van der Waals surface area contributed by atoms with Gasteiger partial charge in [-0.2, -0.15) is 0 Å². The number of rotatable bonds is 11. The van der Waals surface area contributed by atoms with E-state index in [0.717, 1.165) is 42.5 Å². The van der Waals surface area contributed by atoms with Crippen molar-refractivity contribution in [2.24, 2.45) is 11.8 Å². The molecule has 0 saturated heterocycles. The Morgan fingerprint density at radius 1 is 0.825 bits per heavy atom. The molecule has 5 rings (SSSR count). The molecule has 40 heavy (non-hydrogen) atoms. The van der Waals surface area contributed by atoms with Crippen LogP contribution in [0.1, 0.15) is 69.7 Å². The highest BCUT2D eigenvalue weighted by atomic mass is 15.2. The van der Waals surface area contributed by atoms with E-state index in [9.17, 15) is 0 Å². The standard InChI is InChI=1S/C36H46N4/c1-5-27(2)35(34-33(30-17-11-7-12-18-30)37-36(38-34)31-19-13-8-14-20-31)40(25-28-15-9-6-10-16-28)26-29-21-23-32(24-22-29)39(3)4/h7-8,11-14,17-24,27-28,35H,5-6,9-10,15-16,25-26H2,1-4H3,(H,37,38). The third kappa shape index (κ3) is 6.67. The van der Waals surface area contributed by atoms with Crippen LogP contribution in [0.15, 0.2) is 84.9 Å². The smallest absolute Gasteiger partial charge is 0.138 e. The predicted molar refractivity (Wildman–Crippen MR) is 169 cm³/mol. The molecule has 210 valence electrons. The van der Waals surface area contributed by atoms with Crippen molar-refractivity contribution in [1.82, 2.24) is 14.9 Å². The number of benzene rings is 3. The van der Waals surface area contributed by atoms with Gasteiger partial charge in [-0.1, -0.05) is 112 Å². The SMILES string of the molecule is CCC(C)C(c1[nH]c(-c2ccccc2)nc1-c1ccccc1)N(Cc1ccc(N(C)C)cc1)CC1CCCCC1. The Morgan fingerprint density at radius 2 is 1.45 bits per heavy atom. The lowest BCUT2D eigenvalue weighted by Gasteiger charge is -2.38. The second-order valence-corrected chi connectivity index (χ2v) is 11.9. The van der Waals surface area contributed by atoms with Crippen molar-refractivity contribution in [1.29, 1.82) is 0 Å². The van der Waals surface area contributed by atoms with E-state index < -0.39 is 0 Å². The van der Waals surface area contributed by atoms with E-state index in [1.54, 1.807) is 0 Å². The maximum atomic E-state index is 5.27. The topological polar surface area (TPSA) is 35.2 Å². The fraction of sp³-hybridized carbons (Fsp3) is 0.417. The highest BCUT2D eigenvalue weighted by Gasteiger charge is 2.32. The molecule has 3 aromatic carbocycles. The molecule has 1 aliphatic rings. The Kier molecular flexibility index (Phi) is 9.38. The predicted octanol–water partition coefficient (Wildman–Crippen LogP) is 8.98. The van der Waals surface area contributed by atoms with E-state index in [0.29, 0.717) is 5.92 Å². The van der Waals surface area contributed by atoms with Gasteiger partial charge in [-0.05, 0) is 42.4 Å². The first-order valence-corrected chi connectivity index (χ1v) is 15.2. The molecule has 1 N–H and O–H groups in total. The number of aromatic amines is 1. The average Bonchev–Trinajstić information content (AvgIpc) is 3.44. The monoisotopic (exact) mass is 534 g/mol. The van der Waals surface area contributed by atoms with Gasteiger partial charge in [0.15, 0.2) is 0 Å². The van der Waals surface area contributed by atoms with Crippen molar-refractivity contribution in [2.45, 2.75) is 65.0 Å². The summed E-state index contributed by atoms with van der Waals surface area (Å²) in [5.41, 5.74) is 7.26. The molecule has 1 aliphatic carbocycles.